The monoisotopic (exact) mass is 212 g/mol. The molecule has 0 bridgehead atoms. The molecule has 0 nitrogen and oxygen atoms in total. The molecule has 0 aromatic rings. The maximum atomic E-state index is 2.44. The van der Waals surface area contributed by atoms with Crippen molar-refractivity contribution in [2.24, 2.45) is 11.8 Å². The second-order valence-electron chi connectivity index (χ2n) is 5.14. The summed E-state index contributed by atoms with van der Waals surface area (Å²) in [4.78, 5) is 0. The molecule has 0 saturated carbocycles. The molecule has 0 heteroatoms. The highest BCUT2D eigenvalue weighted by atomic mass is 14.2. The quantitative estimate of drug-likeness (QED) is 0.401. The Balaban J connectivity index is 3.56. The highest BCUT2D eigenvalue weighted by molar-refractivity contribution is 4.65. The third kappa shape index (κ3) is 7.88. The summed E-state index contributed by atoms with van der Waals surface area (Å²) in [5.74, 6) is 1.94. The molecule has 0 N–H and O–H groups in total. The van der Waals surface area contributed by atoms with Crippen LogP contribution in [-0.2, 0) is 0 Å². The zero-order valence-electron chi connectivity index (χ0n) is 11.5. The van der Waals surface area contributed by atoms with Crippen LogP contribution in [0.25, 0.3) is 0 Å². The Morgan fingerprint density at radius 1 is 0.733 bits per heavy atom. The summed E-state index contributed by atoms with van der Waals surface area (Å²) in [6.45, 7) is 9.39. The van der Waals surface area contributed by atoms with Gasteiger partial charge in [-0.25, -0.2) is 0 Å². The normalized spacial score (nSPS) is 15.2. The molecule has 0 amide bonds. The van der Waals surface area contributed by atoms with Gasteiger partial charge in [-0.15, -0.1) is 0 Å². The molecule has 0 fully saturated rings. The predicted molar refractivity (Wildman–Crippen MR) is 71.2 cm³/mol. The third-order valence-corrected chi connectivity index (χ3v) is 3.79. The van der Waals surface area contributed by atoms with Gasteiger partial charge in [0.25, 0.3) is 0 Å². The van der Waals surface area contributed by atoms with E-state index in [-0.39, 0.29) is 0 Å². The van der Waals surface area contributed by atoms with Crippen LogP contribution in [0, 0.1) is 11.8 Å². The highest BCUT2D eigenvalue weighted by Gasteiger charge is 2.13. The molecule has 0 aliphatic rings. The van der Waals surface area contributed by atoms with Crippen LogP contribution < -0.4 is 0 Å². The molecule has 0 rings (SSSR count). The van der Waals surface area contributed by atoms with E-state index in [9.17, 15) is 0 Å². The van der Waals surface area contributed by atoms with Crippen molar-refractivity contribution in [2.75, 3.05) is 0 Å². The summed E-state index contributed by atoms with van der Waals surface area (Å²) in [6, 6.07) is 0. The van der Waals surface area contributed by atoms with Crippen LogP contribution in [0.15, 0.2) is 0 Å². The van der Waals surface area contributed by atoms with Gasteiger partial charge in [0.05, 0.1) is 0 Å². The van der Waals surface area contributed by atoms with E-state index in [4.69, 9.17) is 0 Å². The van der Waals surface area contributed by atoms with Gasteiger partial charge in [0.2, 0.25) is 0 Å². The van der Waals surface area contributed by atoms with Gasteiger partial charge in [-0.1, -0.05) is 85.5 Å². The lowest BCUT2D eigenvalue weighted by atomic mass is 9.84. The van der Waals surface area contributed by atoms with Gasteiger partial charge in [0.1, 0.15) is 0 Å². The number of rotatable bonds is 10. The first kappa shape index (κ1) is 15.0. The lowest BCUT2D eigenvalue weighted by Crippen LogP contribution is -2.10. The molecule has 15 heavy (non-hydrogen) atoms. The lowest BCUT2D eigenvalue weighted by molar-refractivity contribution is 0.295. The van der Waals surface area contributed by atoms with E-state index >= 15 is 0 Å². The van der Waals surface area contributed by atoms with E-state index in [2.05, 4.69) is 27.7 Å². The first-order valence-electron chi connectivity index (χ1n) is 7.26. The fourth-order valence-corrected chi connectivity index (χ4v) is 2.43. The standard InChI is InChI=1S/C15H32/c1-5-8-9-10-11-13-15(12-6-2)14(4)7-3/h14-15H,5-13H2,1-4H3. The van der Waals surface area contributed by atoms with Crippen molar-refractivity contribution in [3.63, 3.8) is 0 Å². The summed E-state index contributed by atoms with van der Waals surface area (Å²) >= 11 is 0. The first-order valence-corrected chi connectivity index (χ1v) is 7.26. The lowest BCUT2D eigenvalue weighted by Gasteiger charge is -2.22. The molecule has 2 unspecified atom stereocenters. The summed E-state index contributed by atoms with van der Waals surface area (Å²) < 4.78 is 0. The molecule has 0 spiro atoms. The van der Waals surface area contributed by atoms with Crippen molar-refractivity contribution in [3.05, 3.63) is 0 Å². The number of hydrogen-bond donors (Lipinski definition) is 0. The van der Waals surface area contributed by atoms with Gasteiger partial charge < -0.3 is 0 Å². The van der Waals surface area contributed by atoms with Crippen molar-refractivity contribution in [1.29, 1.82) is 0 Å². The van der Waals surface area contributed by atoms with Crippen LogP contribution in [-0.4, -0.2) is 0 Å². The third-order valence-electron chi connectivity index (χ3n) is 3.79. The van der Waals surface area contributed by atoms with E-state index in [1.807, 2.05) is 0 Å². The van der Waals surface area contributed by atoms with Gasteiger partial charge in [-0.05, 0) is 11.8 Å². The molecule has 0 aliphatic heterocycles. The smallest absolute Gasteiger partial charge is 0.0389 e. The fraction of sp³-hybridized carbons (Fsp3) is 1.00. The minimum atomic E-state index is 0.941. The second kappa shape index (κ2) is 10.5. The summed E-state index contributed by atoms with van der Waals surface area (Å²) in [5.41, 5.74) is 0. The summed E-state index contributed by atoms with van der Waals surface area (Å²) in [6.07, 6.45) is 12.8. The largest absolute Gasteiger partial charge is 0.0654 e. The van der Waals surface area contributed by atoms with Crippen molar-refractivity contribution in [2.45, 2.75) is 85.5 Å². The van der Waals surface area contributed by atoms with E-state index in [1.165, 1.54) is 57.8 Å². The average Bonchev–Trinajstić information content (AvgIpc) is 2.26. The van der Waals surface area contributed by atoms with Crippen molar-refractivity contribution < 1.29 is 0 Å². The highest BCUT2D eigenvalue weighted by Crippen LogP contribution is 2.26. The molecule has 0 aromatic heterocycles. The van der Waals surface area contributed by atoms with Gasteiger partial charge in [0, 0.05) is 0 Å². The van der Waals surface area contributed by atoms with Gasteiger partial charge in [0.15, 0.2) is 0 Å². The molecular weight excluding hydrogens is 180 g/mol. The van der Waals surface area contributed by atoms with Crippen molar-refractivity contribution in [1.82, 2.24) is 0 Å². The Bertz CT molecular complexity index is 117. The van der Waals surface area contributed by atoms with Crippen molar-refractivity contribution >= 4 is 0 Å². The molecule has 92 valence electrons. The Labute approximate surface area is 97.8 Å². The molecule has 0 aliphatic carbocycles. The minimum absolute atomic E-state index is 0.941. The maximum absolute atomic E-state index is 2.44. The first-order chi connectivity index (χ1) is 7.26. The zero-order valence-corrected chi connectivity index (χ0v) is 11.5. The Kier molecular flexibility index (Phi) is 10.5. The van der Waals surface area contributed by atoms with E-state index in [0.717, 1.165) is 11.8 Å². The zero-order chi connectivity index (χ0) is 11.5. The summed E-state index contributed by atoms with van der Waals surface area (Å²) in [7, 11) is 0. The Hall–Kier alpha value is 0. The van der Waals surface area contributed by atoms with Crippen LogP contribution in [0.4, 0.5) is 0 Å². The Morgan fingerprint density at radius 3 is 1.93 bits per heavy atom. The van der Waals surface area contributed by atoms with Gasteiger partial charge in [-0.2, -0.15) is 0 Å². The van der Waals surface area contributed by atoms with Gasteiger partial charge >= 0.3 is 0 Å². The summed E-state index contributed by atoms with van der Waals surface area (Å²) in [5, 5.41) is 0. The second-order valence-corrected chi connectivity index (χ2v) is 5.14. The molecule has 0 aromatic carbocycles. The van der Waals surface area contributed by atoms with E-state index in [0.29, 0.717) is 0 Å². The maximum Gasteiger partial charge on any atom is -0.0389 e. The van der Waals surface area contributed by atoms with E-state index in [1.54, 1.807) is 0 Å². The molecule has 0 saturated heterocycles. The average molecular weight is 212 g/mol. The van der Waals surface area contributed by atoms with Crippen LogP contribution in [0.2, 0.25) is 0 Å². The molecule has 0 radical (unpaired) electrons. The van der Waals surface area contributed by atoms with Crippen LogP contribution in [0.1, 0.15) is 85.5 Å². The topological polar surface area (TPSA) is 0 Å². The van der Waals surface area contributed by atoms with Crippen LogP contribution >= 0.6 is 0 Å². The minimum Gasteiger partial charge on any atom is -0.0654 e. The van der Waals surface area contributed by atoms with Gasteiger partial charge in [-0.3, -0.25) is 0 Å². The van der Waals surface area contributed by atoms with Crippen LogP contribution in [0.3, 0.4) is 0 Å². The van der Waals surface area contributed by atoms with Crippen LogP contribution in [0.5, 0.6) is 0 Å². The number of hydrogen-bond acceptors (Lipinski definition) is 0. The fourth-order valence-electron chi connectivity index (χ4n) is 2.43. The molecule has 2 atom stereocenters. The van der Waals surface area contributed by atoms with E-state index < -0.39 is 0 Å². The Morgan fingerprint density at radius 2 is 1.40 bits per heavy atom. The van der Waals surface area contributed by atoms with Crippen molar-refractivity contribution in [3.8, 4) is 0 Å². The molecule has 0 heterocycles. The number of unbranched alkanes of at least 4 members (excludes halogenated alkanes) is 4. The molecular formula is C15H32. The SMILES string of the molecule is CCCCCCCC(CCC)C(C)CC. The predicted octanol–water partition coefficient (Wildman–Crippen LogP) is 5.81.